The number of rotatable bonds is 5. The summed E-state index contributed by atoms with van der Waals surface area (Å²) in [6.45, 7) is 6.01. The van der Waals surface area contributed by atoms with Gasteiger partial charge in [0.05, 0.1) is 6.61 Å². The molecule has 0 rings (SSSR count). The highest BCUT2D eigenvalue weighted by Gasteiger charge is 2.15. The van der Waals surface area contributed by atoms with Gasteiger partial charge in [0.15, 0.2) is 0 Å². The summed E-state index contributed by atoms with van der Waals surface area (Å²) in [7, 11) is 0. The number of hydrogen-bond acceptors (Lipinski definition) is 3. The van der Waals surface area contributed by atoms with E-state index >= 15 is 0 Å². The average molecular weight is 172 g/mol. The average Bonchev–Trinajstić information content (AvgIpc) is 1.98. The minimum Gasteiger partial charge on any atom is -0.460 e. The molecule has 0 saturated heterocycles. The van der Waals surface area contributed by atoms with Crippen LogP contribution in [0.1, 0.15) is 33.6 Å². The third kappa shape index (κ3) is 4.88. The lowest BCUT2D eigenvalue weighted by molar-refractivity contribution is -0.154. The summed E-state index contributed by atoms with van der Waals surface area (Å²) in [5, 5.41) is 0. The van der Waals surface area contributed by atoms with Crippen LogP contribution < -0.4 is 0 Å². The van der Waals surface area contributed by atoms with Gasteiger partial charge in [-0.15, -0.1) is 0 Å². The Morgan fingerprint density at radius 3 is 2.33 bits per heavy atom. The molecule has 0 amide bonds. The molecule has 3 heteroatoms. The van der Waals surface area contributed by atoms with Gasteiger partial charge in [-0.2, -0.15) is 0 Å². The molecule has 3 nitrogen and oxygen atoms in total. The molecule has 0 unspecified atom stereocenters. The fraction of sp³-hybridized carbons (Fsp3) is 0.778. The van der Waals surface area contributed by atoms with E-state index in [9.17, 15) is 9.59 Å². The highest BCUT2D eigenvalue weighted by atomic mass is 16.5. The van der Waals surface area contributed by atoms with Gasteiger partial charge in [0.2, 0.25) is 5.78 Å². The van der Waals surface area contributed by atoms with Crippen molar-refractivity contribution in [2.45, 2.75) is 33.6 Å². The van der Waals surface area contributed by atoms with E-state index in [2.05, 4.69) is 4.74 Å². The number of carbonyl (C=O) groups excluding carboxylic acids is 2. The Labute approximate surface area is 73.1 Å². The van der Waals surface area contributed by atoms with Gasteiger partial charge in [-0.3, -0.25) is 4.79 Å². The van der Waals surface area contributed by atoms with E-state index in [-0.39, 0.29) is 12.3 Å². The first-order valence-corrected chi connectivity index (χ1v) is 4.27. The summed E-state index contributed by atoms with van der Waals surface area (Å²) in [6, 6.07) is 0. The Balaban J connectivity index is 3.70. The number of hydrogen-bond donors (Lipinski definition) is 0. The highest BCUT2D eigenvalue weighted by molar-refractivity contribution is 6.33. The van der Waals surface area contributed by atoms with Crippen molar-refractivity contribution >= 4 is 11.8 Å². The van der Waals surface area contributed by atoms with Gasteiger partial charge >= 0.3 is 5.97 Å². The van der Waals surface area contributed by atoms with Gasteiger partial charge in [-0.05, 0) is 12.3 Å². The van der Waals surface area contributed by atoms with Crippen LogP contribution in [0.3, 0.4) is 0 Å². The van der Waals surface area contributed by atoms with Crippen LogP contribution in [0.25, 0.3) is 0 Å². The van der Waals surface area contributed by atoms with Crippen LogP contribution in [0, 0.1) is 5.92 Å². The molecule has 0 spiro atoms. The van der Waals surface area contributed by atoms with Crippen molar-refractivity contribution in [1.82, 2.24) is 0 Å². The van der Waals surface area contributed by atoms with Crippen molar-refractivity contribution in [2.75, 3.05) is 6.61 Å². The fourth-order valence-electron chi connectivity index (χ4n) is 0.729. The molecule has 0 aromatic rings. The second-order valence-corrected chi connectivity index (χ2v) is 3.16. The lowest BCUT2D eigenvalue weighted by Crippen LogP contribution is -2.19. The molecule has 0 fully saturated rings. The number of carbonyl (C=O) groups is 2. The predicted octanol–water partition coefficient (Wildman–Crippen LogP) is 1.55. The van der Waals surface area contributed by atoms with Gasteiger partial charge in [0.1, 0.15) is 0 Å². The van der Waals surface area contributed by atoms with E-state index in [1.54, 1.807) is 0 Å². The summed E-state index contributed by atoms with van der Waals surface area (Å²) in [4.78, 5) is 21.9. The molecule has 0 aliphatic carbocycles. The molecule has 12 heavy (non-hydrogen) atoms. The Bertz CT molecular complexity index is 161. The monoisotopic (exact) mass is 172 g/mol. The molecule has 70 valence electrons. The normalized spacial score (nSPS) is 10.0. The number of esters is 1. The second kappa shape index (κ2) is 5.75. The molecule has 0 bridgehead atoms. The topological polar surface area (TPSA) is 43.4 Å². The first-order chi connectivity index (χ1) is 5.57. The van der Waals surface area contributed by atoms with Crippen molar-refractivity contribution in [3.8, 4) is 0 Å². The minimum atomic E-state index is -0.689. The Morgan fingerprint density at radius 1 is 1.33 bits per heavy atom. The van der Waals surface area contributed by atoms with E-state index in [1.165, 1.54) is 0 Å². The van der Waals surface area contributed by atoms with Crippen LogP contribution in [-0.2, 0) is 14.3 Å². The molecule has 0 aromatic carbocycles. The summed E-state index contributed by atoms with van der Waals surface area (Å²) in [5.74, 6) is -0.893. The lowest BCUT2D eigenvalue weighted by atomic mass is 10.1. The van der Waals surface area contributed by atoms with Crippen LogP contribution in [0.15, 0.2) is 0 Å². The quantitative estimate of drug-likeness (QED) is 0.467. The Kier molecular flexibility index (Phi) is 5.34. The Hall–Kier alpha value is -0.860. The molecular weight excluding hydrogens is 156 g/mol. The maximum absolute atomic E-state index is 11.0. The summed E-state index contributed by atoms with van der Waals surface area (Å²) in [6.07, 6.45) is 1.03. The standard InChI is InChI=1S/C9H16O3/c1-4-5-12-9(11)8(10)6-7(2)3/h7H,4-6H2,1-3H3. The van der Waals surface area contributed by atoms with E-state index in [1.807, 2.05) is 20.8 Å². The van der Waals surface area contributed by atoms with E-state index in [0.29, 0.717) is 6.61 Å². The number of ketones is 1. The lowest BCUT2D eigenvalue weighted by Gasteiger charge is -2.03. The molecule has 0 N–H and O–H groups in total. The Morgan fingerprint density at radius 2 is 1.92 bits per heavy atom. The van der Waals surface area contributed by atoms with Crippen molar-refractivity contribution in [2.24, 2.45) is 5.92 Å². The molecule has 0 atom stereocenters. The van der Waals surface area contributed by atoms with Gasteiger partial charge in [0.25, 0.3) is 0 Å². The zero-order chi connectivity index (χ0) is 9.56. The van der Waals surface area contributed by atoms with Gasteiger partial charge < -0.3 is 4.74 Å². The van der Waals surface area contributed by atoms with Crippen molar-refractivity contribution < 1.29 is 14.3 Å². The largest absolute Gasteiger partial charge is 0.460 e. The maximum Gasteiger partial charge on any atom is 0.374 e. The molecule has 0 aromatic heterocycles. The molecule has 0 aliphatic heterocycles. The second-order valence-electron chi connectivity index (χ2n) is 3.16. The third-order valence-electron chi connectivity index (χ3n) is 1.26. The first-order valence-electron chi connectivity index (χ1n) is 4.27. The van der Waals surface area contributed by atoms with Crippen LogP contribution in [-0.4, -0.2) is 18.4 Å². The number of Topliss-reactive ketones (excluding diaryl/α,β-unsaturated/α-hetero) is 1. The minimum absolute atomic E-state index is 0.215. The zero-order valence-electron chi connectivity index (χ0n) is 7.92. The summed E-state index contributed by atoms with van der Waals surface area (Å²) in [5.41, 5.74) is 0. The SMILES string of the molecule is CCCOC(=O)C(=O)CC(C)C. The third-order valence-corrected chi connectivity index (χ3v) is 1.26. The van der Waals surface area contributed by atoms with Gasteiger partial charge in [0, 0.05) is 6.42 Å². The van der Waals surface area contributed by atoms with E-state index < -0.39 is 11.8 Å². The van der Waals surface area contributed by atoms with E-state index in [4.69, 9.17) is 0 Å². The maximum atomic E-state index is 11.0. The van der Waals surface area contributed by atoms with Crippen LogP contribution in [0.2, 0.25) is 0 Å². The predicted molar refractivity (Wildman–Crippen MR) is 45.7 cm³/mol. The van der Waals surface area contributed by atoms with E-state index in [0.717, 1.165) is 6.42 Å². The molecule has 0 aliphatic rings. The summed E-state index contributed by atoms with van der Waals surface area (Å²) < 4.78 is 4.67. The first kappa shape index (κ1) is 11.1. The van der Waals surface area contributed by atoms with Crippen LogP contribution in [0.5, 0.6) is 0 Å². The summed E-state index contributed by atoms with van der Waals surface area (Å²) >= 11 is 0. The molecule has 0 radical (unpaired) electrons. The van der Waals surface area contributed by atoms with Crippen LogP contribution >= 0.6 is 0 Å². The smallest absolute Gasteiger partial charge is 0.374 e. The van der Waals surface area contributed by atoms with Crippen molar-refractivity contribution in [3.63, 3.8) is 0 Å². The van der Waals surface area contributed by atoms with Crippen LogP contribution in [0.4, 0.5) is 0 Å². The fourth-order valence-corrected chi connectivity index (χ4v) is 0.729. The van der Waals surface area contributed by atoms with Gasteiger partial charge in [-0.1, -0.05) is 20.8 Å². The van der Waals surface area contributed by atoms with Crippen molar-refractivity contribution in [3.05, 3.63) is 0 Å². The number of ether oxygens (including phenoxy) is 1. The molecule has 0 saturated carbocycles. The molecule has 0 heterocycles. The highest BCUT2D eigenvalue weighted by Crippen LogP contribution is 2.01. The molecular formula is C9H16O3. The van der Waals surface area contributed by atoms with Gasteiger partial charge in [-0.25, -0.2) is 4.79 Å². The zero-order valence-corrected chi connectivity index (χ0v) is 7.92. The van der Waals surface area contributed by atoms with Crippen molar-refractivity contribution in [1.29, 1.82) is 0 Å².